The summed E-state index contributed by atoms with van der Waals surface area (Å²) in [5.74, 6) is 0. The lowest BCUT2D eigenvalue weighted by Gasteiger charge is -2.13. The molecule has 0 saturated carbocycles. The molecule has 9 aromatic rings. The van der Waals surface area contributed by atoms with Crippen molar-refractivity contribution in [1.29, 1.82) is 0 Å². The van der Waals surface area contributed by atoms with Crippen molar-refractivity contribution in [3.8, 4) is 27.9 Å². The molecule has 0 amide bonds. The van der Waals surface area contributed by atoms with E-state index < -0.39 is 0 Å². The van der Waals surface area contributed by atoms with Gasteiger partial charge in [-0.1, -0.05) is 121 Å². The molecule has 0 aliphatic heterocycles. The van der Waals surface area contributed by atoms with Gasteiger partial charge in [0.25, 0.3) is 0 Å². The van der Waals surface area contributed by atoms with Crippen molar-refractivity contribution in [3.63, 3.8) is 0 Å². The SMILES string of the molecule is c1cc(-c2ccc(Nc3ccc(-c4cc5ccccc5c5ccccc45)cc3)cc2)cc(-n2c3ccccc3c3ccccc32)c1. The lowest BCUT2D eigenvalue weighted by atomic mass is 9.93. The smallest absolute Gasteiger partial charge is 0.0541 e. The molecule has 0 spiro atoms. The summed E-state index contributed by atoms with van der Waals surface area (Å²) in [5.41, 5.74) is 10.6. The molecule has 2 heteroatoms. The zero-order chi connectivity index (χ0) is 30.5. The van der Waals surface area contributed by atoms with Gasteiger partial charge >= 0.3 is 0 Å². The first-order valence-corrected chi connectivity index (χ1v) is 15.8. The maximum Gasteiger partial charge on any atom is 0.0541 e. The number of fused-ring (bicyclic) bond motifs is 6. The third-order valence-corrected chi connectivity index (χ3v) is 9.16. The van der Waals surface area contributed by atoms with E-state index in [0.717, 1.165) is 17.1 Å². The van der Waals surface area contributed by atoms with Crippen LogP contribution in [0.1, 0.15) is 0 Å². The molecular weight excluding hydrogens is 556 g/mol. The Bertz CT molecular complexity index is 2480. The quantitative estimate of drug-likeness (QED) is 0.199. The maximum atomic E-state index is 3.60. The normalized spacial score (nSPS) is 11.5. The summed E-state index contributed by atoms with van der Waals surface area (Å²) < 4.78 is 2.37. The number of para-hydroxylation sites is 2. The minimum absolute atomic E-state index is 1.06. The number of benzene rings is 8. The number of nitrogens with zero attached hydrogens (tertiary/aromatic N) is 1. The Morgan fingerprint density at radius 1 is 0.348 bits per heavy atom. The number of hydrogen-bond donors (Lipinski definition) is 1. The van der Waals surface area contributed by atoms with Crippen LogP contribution in [0.5, 0.6) is 0 Å². The van der Waals surface area contributed by atoms with Gasteiger partial charge in [-0.3, -0.25) is 0 Å². The number of nitrogens with one attached hydrogen (secondary N) is 1. The second kappa shape index (κ2) is 10.8. The summed E-state index contributed by atoms with van der Waals surface area (Å²) >= 11 is 0. The molecule has 9 rings (SSSR count). The van der Waals surface area contributed by atoms with Crippen LogP contribution >= 0.6 is 0 Å². The van der Waals surface area contributed by atoms with E-state index in [-0.39, 0.29) is 0 Å². The molecule has 46 heavy (non-hydrogen) atoms. The summed E-state index contributed by atoms with van der Waals surface area (Å²) in [6, 6.07) is 63.3. The highest BCUT2D eigenvalue weighted by Gasteiger charge is 2.12. The van der Waals surface area contributed by atoms with Crippen LogP contribution in [0.25, 0.3) is 71.3 Å². The van der Waals surface area contributed by atoms with Gasteiger partial charge in [0.1, 0.15) is 0 Å². The van der Waals surface area contributed by atoms with E-state index in [2.05, 4.69) is 186 Å². The zero-order valence-corrected chi connectivity index (χ0v) is 25.2. The molecule has 0 fully saturated rings. The second-order valence-corrected chi connectivity index (χ2v) is 11.9. The molecule has 8 aromatic carbocycles. The fraction of sp³-hybridized carbons (Fsp3) is 0. The molecule has 0 unspecified atom stereocenters. The molecule has 2 nitrogen and oxygen atoms in total. The molecule has 0 bridgehead atoms. The van der Waals surface area contributed by atoms with Crippen LogP contribution in [0.15, 0.2) is 176 Å². The highest BCUT2D eigenvalue weighted by atomic mass is 15.0. The standard InChI is InChI=1S/C44H30N2/c1-2-13-37-33(10-1)29-42(39-15-4-3-14-38(37)39)31-22-26-35(27-23-31)45-34-24-20-30(21-25-34)32-11-9-12-36(28-32)46-43-18-7-5-16-40(43)41-17-6-8-19-44(41)46/h1-29,45H. The average Bonchev–Trinajstić information content (AvgIpc) is 3.46. The maximum absolute atomic E-state index is 3.60. The fourth-order valence-electron chi connectivity index (χ4n) is 6.96. The zero-order valence-electron chi connectivity index (χ0n) is 25.2. The van der Waals surface area contributed by atoms with Crippen molar-refractivity contribution in [2.45, 2.75) is 0 Å². The van der Waals surface area contributed by atoms with Crippen molar-refractivity contribution in [2.24, 2.45) is 0 Å². The minimum atomic E-state index is 1.06. The number of aromatic nitrogens is 1. The van der Waals surface area contributed by atoms with Crippen LogP contribution in [0.3, 0.4) is 0 Å². The molecule has 0 aliphatic carbocycles. The van der Waals surface area contributed by atoms with Crippen molar-refractivity contribution >= 4 is 54.7 Å². The monoisotopic (exact) mass is 586 g/mol. The Balaban J connectivity index is 0.994. The van der Waals surface area contributed by atoms with Gasteiger partial charge in [0.2, 0.25) is 0 Å². The summed E-state index contributed by atoms with van der Waals surface area (Å²) in [4.78, 5) is 0. The van der Waals surface area contributed by atoms with Gasteiger partial charge in [-0.15, -0.1) is 0 Å². The van der Waals surface area contributed by atoms with E-state index in [4.69, 9.17) is 0 Å². The number of hydrogen-bond acceptors (Lipinski definition) is 1. The van der Waals surface area contributed by atoms with Crippen molar-refractivity contribution in [1.82, 2.24) is 4.57 Å². The van der Waals surface area contributed by atoms with Gasteiger partial charge in [0, 0.05) is 27.8 Å². The van der Waals surface area contributed by atoms with Gasteiger partial charge in [-0.2, -0.15) is 0 Å². The van der Waals surface area contributed by atoms with Gasteiger partial charge in [0.15, 0.2) is 0 Å². The molecule has 216 valence electrons. The van der Waals surface area contributed by atoms with Crippen LogP contribution in [0.2, 0.25) is 0 Å². The number of anilines is 2. The van der Waals surface area contributed by atoms with Crippen LogP contribution in [0, 0.1) is 0 Å². The molecule has 1 aromatic heterocycles. The van der Waals surface area contributed by atoms with E-state index in [1.54, 1.807) is 0 Å². The molecule has 0 radical (unpaired) electrons. The van der Waals surface area contributed by atoms with E-state index >= 15 is 0 Å². The Morgan fingerprint density at radius 2 is 0.891 bits per heavy atom. The molecular formula is C44H30N2. The van der Waals surface area contributed by atoms with Crippen molar-refractivity contribution < 1.29 is 0 Å². The number of rotatable bonds is 5. The average molecular weight is 587 g/mol. The summed E-state index contributed by atoms with van der Waals surface area (Å²) in [5, 5.41) is 11.3. The van der Waals surface area contributed by atoms with E-state index in [1.807, 2.05) is 0 Å². The third kappa shape index (κ3) is 4.43. The largest absolute Gasteiger partial charge is 0.356 e. The first-order valence-electron chi connectivity index (χ1n) is 15.8. The van der Waals surface area contributed by atoms with E-state index in [0.29, 0.717) is 0 Å². The fourth-order valence-corrected chi connectivity index (χ4v) is 6.96. The van der Waals surface area contributed by atoms with Gasteiger partial charge < -0.3 is 9.88 Å². The Morgan fingerprint density at radius 3 is 1.57 bits per heavy atom. The first kappa shape index (κ1) is 26.3. The minimum Gasteiger partial charge on any atom is -0.356 e. The van der Waals surface area contributed by atoms with Crippen molar-refractivity contribution in [2.75, 3.05) is 5.32 Å². The van der Waals surface area contributed by atoms with Gasteiger partial charge in [-0.25, -0.2) is 0 Å². The second-order valence-electron chi connectivity index (χ2n) is 11.9. The summed E-state index contributed by atoms with van der Waals surface area (Å²) in [6.45, 7) is 0. The van der Waals surface area contributed by atoms with Crippen LogP contribution in [-0.2, 0) is 0 Å². The van der Waals surface area contributed by atoms with Crippen molar-refractivity contribution in [3.05, 3.63) is 176 Å². The third-order valence-electron chi connectivity index (χ3n) is 9.16. The Hall–Kier alpha value is -6.12. The lowest BCUT2D eigenvalue weighted by Crippen LogP contribution is -1.94. The molecule has 0 saturated heterocycles. The molecule has 0 aliphatic rings. The van der Waals surface area contributed by atoms with Crippen LogP contribution in [-0.4, -0.2) is 4.57 Å². The summed E-state index contributed by atoms with van der Waals surface area (Å²) in [7, 11) is 0. The predicted molar refractivity (Wildman–Crippen MR) is 196 cm³/mol. The highest BCUT2D eigenvalue weighted by Crippen LogP contribution is 2.36. The van der Waals surface area contributed by atoms with Crippen LogP contribution in [0.4, 0.5) is 11.4 Å². The molecule has 0 atom stereocenters. The summed E-state index contributed by atoms with van der Waals surface area (Å²) in [6.07, 6.45) is 0. The topological polar surface area (TPSA) is 17.0 Å². The predicted octanol–water partition coefficient (Wildman–Crippen LogP) is 12.2. The van der Waals surface area contributed by atoms with Gasteiger partial charge in [-0.05, 0) is 98.4 Å². The lowest BCUT2D eigenvalue weighted by molar-refractivity contribution is 1.18. The first-order chi connectivity index (χ1) is 22.8. The van der Waals surface area contributed by atoms with E-state index in [9.17, 15) is 0 Å². The van der Waals surface area contributed by atoms with E-state index in [1.165, 1.54) is 65.6 Å². The highest BCUT2D eigenvalue weighted by molar-refractivity contribution is 6.14. The molecule has 1 N–H and O–H groups in total. The van der Waals surface area contributed by atoms with Gasteiger partial charge in [0.05, 0.1) is 11.0 Å². The Labute approximate surface area is 267 Å². The molecule has 1 heterocycles. The van der Waals surface area contributed by atoms with Crippen LogP contribution < -0.4 is 5.32 Å². The Kier molecular flexibility index (Phi) is 6.17.